The Morgan fingerprint density at radius 1 is 0.441 bits per heavy atom. The number of alkyl halides is 15. The molecule has 0 bridgehead atoms. The summed E-state index contributed by atoms with van der Waals surface area (Å²) in [6, 6.07) is 20.2. The van der Waals surface area contributed by atoms with Gasteiger partial charge in [0.05, 0.1) is 68.5 Å². The maximum atomic E-state index is 13.5. The number of pyridine rings is 3. The minimum atomic E-state index is -5.12. The van der Waals surface area contributed by atoms with Crippen molar-refractivity contribution in [3.63, 3.8) is 0 Å². The van der Waals surface area contributed by atoms with E-state index in [1.54, 1.807) is 46.8 Å². The highest BCUT2D eigenvalue weighted by molar-refractivity contribution is 6.33. The van der Waals surface area contributed by atoms with Crippen molar-refractivity contribution in [1.82, 2.24) is 54.9 Å². The van der Waals surface area contributed by atoms with Gasteiger partial charge >= 0.3 is 37.4 Å². The van der Waals surface area contributed by atoms with Crippen molar-refractivity contribution in [3.05, 3.63) is 209 Å². The molecule has 0 spiro atoms. The Balaban J connectivity index is 0.000000336. The van der Waals surface area contributed by atoms with Gasteiger partial charge in [0.15, 0.2) is 34.5 Å². The van der Waals surface area contributed by atoms with Crippen molar-refractivity contribution in [2.45, 2.75) is 98.8 Å². The Kier molecular flexibility index (Phi) is 34.2. The SMILES string of the molecule is FOC(F)(F)F.FOC(F)(F)F.FOC(F)(F)F.[C-]#[N+]c1cc(C)c(NC(=O)c2cc(OC(C)(F)F)nn2-c2ncccc2Cl)c(C(=O)NC(C)C)c1.[C-]#[N+]c1cc(C)c(NC(=O)c2cc(OC(C)(F)F)nn2-c2ncccc2Cl)c(C(=O)NC)c1.[C-]#[N+]c1cc(C)c(NC(=O)c2cc(OC(C)(F)F)nn2-c2ncccc2Cl)c(C(N)=O)c1. The van der Waals surface area contributed by atoms with Crippen LogP contribution in [0.1, 0.15) is 114 Å². The Morgan fingerprint density at radius 3 is 0.915 bits per heavy atom. The number of ether oxygens (including phenoxy) is 3. The van der Waals surface area contributed by atoms with Gasteiger partial charge in [-0.15, -0.1) is 54.8 Å². The lowest BCUT2D eigenvalue weighted by Crippen LogP contribution is -2.31. The molecule has 9 rings (SSSR count). The number of amides is 6. The number of rotatable bonds is 19. The predicted molar refractivity (Wildman–Crippen MR) is 378 cm³/mol. The molecule has 118 heavy (non-hydrogen) atoms. The summed E-state index contributed by atoms with van der Waals surface area (Å²) < 4.78 is 218. The molecule has 0 saturated carbocycles. The van der Waals surface area contributed by atoms with Crippen LogP contribution in [0.5, 0.6) is 17.6 Å². The number of hydrogen-bond acceptors (Lipinski definition) is 18. The van der Waals surface area contributed by atoms with Gasteiger partial charge in [-0.25, -0.2) is 43.5 Å². The average Bonchev–Trinajstić information content (AvgIpc) is 1.58. The second-order valence-electron chi connectivity index (χ2n) is 22.9. The lowest BCUT2D eigenvalue weighted by atomic mass is 10.0. The molecule has 6 heterocycles. The molecule has 0 aliphatic carbocycles. The Bertz CT molecular complexity index is 5210. The Labute approximate surface area is 666 Å². The standard InChI is InChI=1S/C23H21ClF2N6O3.C21H17ClF2N6O3.C20H15ClF2N6O3.3CF4O/c1-12(2)29-21(33)15-10-14(27-5)9-13(3)19(15)30-22(34)17-11-18(35-23(4,25)26)31-32(17)20-16(24)7-6-8-28-20;1-11-8-12(25-3)9-13(19(31)26-4)17(11)28-20(32)15-10-16(33-21(2,23)24)29-30(15)18-14(22)6-5-7-27-18;1-10-7-11(25-3)8-12(17(24)30)16(10)27-19(31)14-9-15(32-20(2,22)23)28-29(14)18-13(21)5-4-6-26-18;3*2-1(3,4)6-5/h6-12H,1-4H3,(H,29,33)(H,30,34);5-10H,1-2,4H3,(H,26,31)(H,28,32);4-9H,1-2H3,(H2,24,30)(H,27,31);;;. The van der Waals surface area contributed by atoms with Crippen molar-refractivity contribution in [2.24, 2.45) is 5.73 Å². The fourth-order valence-corrected chi connectivity index (χ4v) is 9.51. The monoisotopic (exact) mass is 1750 g/mol. The van der Waals surface area contributed by atoms with E-state index in [2.05, 4.69) is 85.6 Å². The van der Waals surface area contributed by atoms with E-state index >= 15 is 0 Å². The lowest BCUT2D eigenvalue weighted by molar-refractivity contribution is -0.416. The molecule has 0 radical (unpaired) electrons. The number of benzene rings is 3. The van der Waals surface area contributed by atoms with Crippen LogP contribution in [0.2, 0.25) is 15.1 Å². The van der Waals surface area contributed by atoms with Crippen molar-refractivity contribution >= 4 is 104 Å². The first-order valence-corrected chi connectivity index (χ1v) is 32.5. The first-order valence-electron chi connectivity index (χ1n) is 31.4. The summed E-state index contributed by atoms with van der Waals surface area (Å²) in [5.41, 5.74) is 6.87. The molecule has 51 heteroatoms. The summed E-state index contributed by atoms with van der Waals surface area (Å²) in [6.07, 6.45) is -21.9. The number of aromatic nitrogens is 9. The number of anilines is 3. The number of aryl methyl sites for hydroxylation is 3. The number of carbonyl (C=O) groups excluding carboxylic acids is 6. The summed E-state index contributed by atoms with van der Waals surface area (Å²) >= 11 is 18.5. The normalized spacial score (nSPS) is 11.2. The van der Waals surface area contributed by atoms with Crippen LogP contribution in [-0.4, -0.2) is 130 Å². The van der Waals surface area contributed by atoms with Gasteiger partial charge in [0, 0.05) is 70.7 Å². The highest BCUT2D eigenvalue weighted by Crippen LogP contribution is 2.35. The largest absolute Gasteiger partial charge is 0.553 e. The summed E-state index contributed by atoms with van der Waals surface area (Å²) in [5.74, 6) is -5.98. The van der Waals surface area contributed by atoms with Gasteiger partial charge in [0.2, 0.25) is 23.5 Å². The van der Waals surface area contributed by atoms with Crippen LogP contribution in [0, 0.1) is 40.5 Å². The third kappa shape index (κ3) is 30.3. The molecule has 0 saturated heterocycles. The summed E-state index contributed by atoms with van der Waals surface area (Å²) in [5, 5.41) is 24.9. The molecule has 30 nitrogen and oxygen atoms in total. The molecular formula is C67H53Cl3F18N18O12. The van der Waals surface area contributed by atoms with Gasteiger partial charge < -0.3 is 46.5 Å². The van der Waals surface area contributed by atoms with Crippen molar-refractivity contribution in [2.75, 3.05) is 23.0 Å². The number of nitrogens with two attached hydrogens (primary N) is 1. The molecule has 0 aliphatic heterocycles. The molecule has 0 unspecified atom stereocenters. The van der Waals surface area contributed by atoms with E-state index in [0.29, 0.717) is 37.5 Å². The minimum absolute atomic E-state index is 0.00480. The van der Waals surface area contributed by atoms with Crippen molar-refractivity contribution in [3.8, 4) is 35.1 Å². The average molecular weight is 1750 g/mol. The van der Waals surface area contributed by atoms with Crippen LogP contribution in [0.3, 0.4) is 0 Å². The molecule has 3 aromatic carbocycles. The summed E-state index contributed by atoms with van der Waals surface area (Å²) in [7, 11) is 1.40. The summed E-state index contributed by atoms with van der Waals surface area (Å²) in [4.78, 5) is 103. The van der Waals surface area contributed by atoms with Crippen LogP contribution in [0.25, 0.3) is 32.0 Å². The van der Waals surface area contributed by atoms with Gasteiger partial charge in [-0.1, -0.05) is 67.8 Å². The third-order valence-electron chi connectivity index (χ3n) is 13.2. The predicted octanol–water partition coefficient (Wildman–Crippen LogP) is 17.9. The summed E-state index contributed by atoms with van der Waals surface area (Å²) in [6.45, 7) is 31.5. The first-order chi connectivity index (χ1) is 54.6. The van der Waals surface area contributed by atoms with E-state index < -0.39 is 90.5 Å². The Hall–Kier alpha value is -13.1. The lowest BCUT2D eigenvalue weighted by Gasteiger charge is -2.16. The number of halogens is 21. The Morgan fingerprint density at radius 2 is 0.695 bits per heavy atom. The number of nitrogens with zero attached hydrogens (tertiary/aromatic N) is 12. The smallest absolute Gasteiger partial charge is 0.413 e. The van der Waals surface area contributed by atoms with Crippen molar-refractivity contribution in [1.29, 1.82) is 0 Å². The highest BCUT2D eigenvalue weighted by Gasteiger charge is 2.35. The van der Waals surface area contributed by atoms with Crippen LogP contribution in [0.15, 0.2) is 110 Å². The number of nitrogens with one attached hydrogen (secondary N) is 5. The number of hydrogen-bond donors (Lipinski definition) is 6. The minimum Gasteiger partial charge on any atom is -0.413 e. The van der Waals surface area contributed by atoms with Crippen LogP contribution in [-0.2, 0) is 14.8 Å². The van der Waals surface area contributed by atoms with Crippen molar-refractivity contribution < 1.29 is 137 Å². The van der Waals surface area contributed by atoms with E-state index in [0.717, 1.165) is 32.2 Å². The molecule has 0 atom stereocenters. The second-order valence-corrected chi connectivity index (χ2v) is 24.1. The molecular weight excluding hydrogens is 1700 g/mol. The zero-order chi connectivity index (χ0) is 89.5. The maximum Gasteiger partial charge on any atom is 0.553 e. The quantitative estimate of drug-likeness (QED) is 0.0323. The fraction of sp³-hybridized carbons (Fsp3) is 0.239. The molecule has 0 aliphatic rings. The number of primary amides is 1. The molecule has 9 aromatic rings. The first kappa shape index (κ1) is 97.3. The molecule has 7 N–H and O–H groups in total. The van der Waals surface area contributed by atoms with E-state index in [1.165, 1.54) is 101 Å². The van der Waals surface area contributed by atoms with Crippen LogP contribution in [0.4, 0.5) is 114 Å². The van der Waals surface area contributed by atoms with Crippen LogP contribution < -0.4 is 46.5 Å². The zero-order valence-electron chi connectivity index (χ0n) is 60.7. The topological polar surface area (TPSA) is 349 Å². The van der Waals surface area contributed by atoms with Gasteiger partial charge in [0.25, 0.3) is 29.5 Å². The van der Waals surface area contributed by atoms with Gasteiger partial charge in [-0.2, -0.15) is 26.3 Å². The molecule has 6 aromatic heterocycles. The van der Waals surface area contributed by atoms with E-state index in [4.69, 9.17) is 60.3 Å². The zero-order valence-corrected chi connectivity index (χ0v) is 63.0. The number of carbonyl (C=O) groups is 6. The fourth-order valence-electron chi connectivity index (χ4n) is 8.90. The third-order valence-corrected chi connectivity index (χ3v) is 14.0. The van der Waals surface area contributed by atoms with E-state index in [9.17, 15) is 108 Å². The maximum absolute atomic E-state index is 13.5. The van der Waals surface area contributed by atoms with Crippen LogP contribution >= 0.6 is 34.8 Å². The van der Waals surface area contributed by atoms with Gasteiger partial charge in [-0.05, 0) is 119 Å². The highest BCUT2D eigenvalue weighted by atomic mass is 35.5. The molecule has 6 amide bonds. The molecule has 630 valence electrons. The molecule has 0 fully saturated rings. The van der Waals surface area contributed by atoms with E-state index in [-0.39, 0.29) is 106 Å². The van der Waals surface area contributed by atoms with Gasteiger partial charge in [-0.3, -0.25) is 28.8 Å². The second kappa shape index (κ2) is 41.5. The van der Waals surface area contributed by atoms with E-state index in [1.807, 2.05) is 0 Å². The van der Waals surface area contributed by atoms with Gasteiger partial charge in [0.1, 0.15) is 17.1 Å².